The lowest BCUT2D eigenvalue weighted by atomic mass is 9.88. The molecule has 0 saturated heterocycles. The molecule has 2 N–H and O–H groups in total. The molecular weight excluding hydrogens is 450 g/mol. The van der Waals surface area contributed by atoms with Gasteiger partial charge in [0.25, 0.3) is 0 Å². The molecule has 156 valence electrons. The molecule has 1 aromatic rings. The van der Waals surface area contributed by atoms with Crippen molar-refractivity contribution >= 4 is 45.5 Å². The average Bonchev–Trinajstić information content (AvgIpc) is 2.60. The van der Waals surface area contributed by atoms with Crippen LogP contribution in [0, 0.1) is 5.41 Å². The van der Waals surface area contributed by atoms with E-state index in [1.165, 1.54) is 6.21 Å². The summed E-state index contributed by atoms with van der Waals surface area (Å²) in [5.74, 6) is -0.772. The largest absolute Gasteiger partial charge is 0.506 e. The molecule has 6 nitrogen and oxygen atoms in total. The minimum Gasteiger partial charge on any atom is -0.506 e. The highest BCUT2D eigenvalue weighted by Gasteiger charge is 2.25. The van der Waals surface area contributed by atoms with Gasteiger partial charge in [-0.15, -0.1) is 0 Å². The normalized spacial score (nSPS) is 14.0. The molecule has 0 aromatic heterocycles. The second-order valence-electron chi connectivity index (χ2n) is 7.02. The summed E-state index contributed by atoms with van der Waals surface area (Å²) < 4.78 is 11.1. The van der Waals surface area contributed by atoms with Gasteiger partial charge in [-0.25, -0.2) is 4.79 Å². The molecule has 0 bridgehead atoms. The molecule has 0 amide bonds. The minimum absolute atomic E-state index is 0.128. The monoisotopic (exact) mass is 475 g/mol. The Morgan fingerprint density at radius 3 is 2.46 bits per heavy atom. The average molecular weight is 477 g/mol. The van der Waals surface area contributed by atoms with Crippen molar-refractivity contribution in [3.63, 3.8) is 0 Å². The lowest BCUT2D eigenvalue weighted by Crippen LogP contribution is -2.28. The number of rotatable bonds is 8. The number of hydrogen-bond acceptors (Lipinski definition) is 6. The number of carbonyl (C=O) groups excluding carboxylic acids is 1. The van der Waals surface area contributed by atoms with Crippen molar-refractivity contribution in [1.82, 2.24) is 0 Å². The van der Waals surface area contributed by atoms with Crippen molar-refractivity contribution in [2.75, 3.05) is 19.8 Å². The minimum atomic E-state index is -0.747. The van der Waals surface area contributed by atoms with E-state index in [0.29, 0.717) is 16.8 Å². The summed E-state index contributed by atoms with van der Waals surface area (Å²) in [6, 6.07) is 2.77. The fourth-order valence-corrected chi connectivity index (χ4v) is 2.96. The van der Waals surface area contributed by atoms with Crippen molar-refractivity contribution in [2.24, 2.45) is 10.4 Å². The molecule has 28 heavy (non-hydrogen) atoms. The molecule has 0 unspecified atom stereocenters. The van der Waals surface area contributed by atoms with Crippen molar-refractivity contribution in [1.29, 1.82) is 0 Å². The van der Waals surface area contributed by atoms with E-state index < -0.39 is 12.0 Å². The van der Waals surface area contributed by atoms with Crippen molar-refractivity contribution in [3.05, 3.63) is 32.8 Å². The van der Waals surface area contributed by atoms with Gasteiger partial charge in [0.1, 0.15) is 17.1 Å². The van der Waals surface area contributed by atoms with Crippen LogP contribution in [0.1, 0.15) is 40.2 Å². The van der Waals surface area contributed by atoms with Crippen LogP contribution in [0.4, 0.5) is 0 Å². The van der Waals surface area contributed by atoms with E-state index in [1.54, 1.807) is 19.1 Å². The third-order valence-corrected chi connectivity index (χ3v) is 4.71. The highest BCUT2D eigenvalue weighted by atomic mass is 79.9. The Balaban J connectivity index is 3.56. The number of benzene rings is 1. The van der Waals surface area contributed by atoms with Gasteiger partial charge in [-0.3, -0.25) is 4.99 Å². The number of aliphatic hydroxyl groups excluding tert-OH is 2. The maximum atomic E-state index is 12.4. The molecule has 0 saturated carbocycles. The highest BCUT2D eigenvalue weighted by molar-refractivity contribution is 9.10. The lowest BCUT2D eigenvalue weighted by molar-refractivity contribution is -0.137. The quantitative estimate of drug-likeness (QED) is 0.243. The second kappa shape index (κ2) is 10.8. The van der Waals surface area contributed by atoms with Crippen LogP contribution in [0.15, 0.2) is 27.2 Å². The lowest BCUT2D eigenvalue weighted by Gasteiger charge is -2.25. The first-order chi connectivity index (χ1) is 13.1. The zero-order chi connectivity index (χ0) is 21.5. The number of aliphatic hydroxyl groups is 2. The first-order valence-electron chi connectivity index (χ1n) is 8.93. The number of carbonyl (C=O) groups is 1. The fraction of sp³-hybridized carbons (Fsp3) is 0.500. The smallest absolute Gasteiger partial charge is 0.343 e. The van der Waals surface area contributed by atoms with Crippen LogP contribution in [0.3, 0.4) is 0 Å². The van der Waals surface area contributed by atoms with Crippen LogP contribution < -0.4 is 4.74 Å². The number of ether oxygens (including phenoxy) is 2. The van der Waals surface area contributed by atoms with Crippen LogP contribution in [-0.2, 0) is 9.53 Å². The number of esters is 1. The summed E-state index contributed by atoms with van der Waals surface area (Å²) in [7, 11) is 0. The van der Waals surface area contributed by atoms with Gasteiger partial charge in [-0.2, -0.15) is 0 Å². The molecule has 0 fully saturated rings. The van der Waals surface area contributed by atoms with Gasteiger partial charge in [0, 0.05) is 16.3 Å². The number of nitrogens with zero attached hydrogens (tertiary/aromatic N) is 1. The topological polar surface area (TPSA) is 88.4 Å². The highest BCUT2D eigenvalue weighted by Crippen LogP contribution is 2.36. The van der Waals surface area contributed by atoms with Gasteiger partial charge >= 0.3 is 5.97 Å². The summed E-state index contributed by atoms with van der Waals surface area (Å²) in [4.78, 5) is 16.7. The molecule has 0 aliphatic carbocycles. The van der Waals surface area contributed by atoms with Crippen LogP contribution in [0.25, 0.3) is 5.76 Å². The summed E-state index contributed by atoms with van der Waals surface area (Å²) in [6.45, 7) is 9.52. The molecule has 1 atom stereocenters. The zero-order valence-corrected chi connectivity index (χ0v) is 19.1. The molecule has 1 rings (SSSR count). The van der Waals surface area contributed by atoms with E-state index in [2.05, 4.69) is 20.9 Å². The summed E-state index contributed by atoms with van der Waals surface area (Å²) in [6.07, 6.45) is 1.22. The van der Waals surface area contributed by atoms with E-state index in [9.17, 15) is 15.0 Å². The number of aliphatic imine (C=N–C) groups is 1. The molecule has 1 aromatic carbocycles. The van der Waals surface area contributed by atoms with Crippen LogP contribution in [-0.4, -0.2) is 48.3 Å². The molecule has 0 spiro atoms. The van der Waals surface area contributed by atoms with Gasteiger partial charge < -0.3 is 19.7 Å². The first-order valence-corrected chi connectivity index (χ1v) is 10.1. The Morgan fingerprint density at radius 1 is 1.32 bits per heavy atom. The molecule has 8 heteroatoms. The van der Waals surface area contributed by atoms with Gasteiger partial charge in [0.2, 0.25) is 0 Å². The predicted octanol–water partition coefficient (Wildman–Crippen LogP) is 4.81. The van der Waals surface area contributed by atoms with Gasteiger partial charge in [-0.1, -0.05) is 48.3 Å². The van der Waals surface area contributed by atoms with Crippen LogP contribution in [0.5, 0.6) is 5.75 Å². The number of hydrogen-bond donors (Lipinski definition) is 2. The van der Waals surface area contributed by atoms with Gasteiger partial charge in [-0.05, 0) is 31.4 Å². The SMILES string of the molecule is CCOC(=O)C(C=N[C@H](CO)C(C)(C)C)=C(O)c1cc(Br)cc(OCC)c1Cl. The Labute approximate surface area is 179 Å². The zero-order valence-electron chi connectivity index (χ0n) is 16.8. The van der Waals surface area contributed by atoms with E-state index in [4.69, 9.17) is 21.1 Å². The molecule has 0 aliphatic rings. The maximum Gasteiger partial charge on any atom is 0.343 e. The van der Waals surface area contributed by atoms with Crippen LogP contribution >= 0.6 is 27.5 Å². The molecule has 0 aliphatic heterocycles. The summed E-state index contributed by atoms with van der Waals surface area (Å²) in [5, 5.41) is 20.6. The number of halogens is 2. The second-order valence-corrected chi connectivity index (χ2v) is 8.32. The molecule has 0 radical (unpaired) electrons. The third-order valence-electron chi connectivity index (χ3n) is 3.87. The Morgan fingerprint density at radius 2 is 1.96 bits per heavy atom. The van der Waals surface area contributed by atoms with E-state index in [1.807, 2.05) is 27.7 Å². The predicted molar refractivity (Wildman–Crippen MR) is 115 cm³/mol. The van der Waals surface area contributed by atoms with Crippen LogP contribution in [0.2, 0.25) is 5.02 Å². The van der Waals surface area contributed by atoms with Crippen molar-refractivity contribution in [2.45, 2.75) is 40.7 Å². The Kier molecular flexibility index (Phi) is 9.47. The van der Waals surface area contributed by atoms with Crippen molar-refractivity contribution < 1.29 is 24.5 Å². The molecule has 0 heterocycles. The maximum absolute atomic E-state index is 12.4. The van der Waals surface area contributed by atoms with Crippen molar-refractivity contribution in [3.8, 4) is 5.75 Å². The fourth-order valence-electron chi connectivity index (χ4n) is 2.27. The summed E-state index contributed by atoms with van der Waals surface area (Å²) in [5.41, 5.74) is -0.298. The Hall–Kier alpha value is -1.57. The van der Waals surface area contributed by atoms with Gasteiger partial charge in [0.15, 0.2) is 0 Å². The third kappa shape index (κ3) is 6.50. The molecular formula is C20H27BrClNO5. The van der Waals surface area contributed by atoms with E-state index >= 15 is 0 Å². The van der Waals surface area contributed by atoms with E-state index in [-0.39, 0.29) is 40.5 Å². The standard InChI is InChI=1S/C20H27BrClNO5/c1-6-27-15-9-12(21)8-13(17(15)22)18(25)14(19(26)28-7-2)10-23-16(11-24)20(3,4)5/h8-10,16,24-25H,6-7,11H2,1-5H3/t16-/m1/s1. The van der Waals surface area contributed by atoms with Gasteiger partial charge in [0.05, 0.1) is 30.9 Å². The Bertz CT molecular complexity index is 756. The first kappa shape index (κ1) is 24.5. The van der Waals surface area contributed by atoms with E-state index in [0.717, 1.165) is 0 Å². The summed E-state index contributed by atoms with van der Waals surface area (Å²) >= 11 is 9.71.